The average molecular weight is 244 g/mol. The van der Waals surface area contributed by atoms with Crippen molar-refractivity contribution < 1.29 is 9.63 Å². The zero-order chi connectivity index (χ0) is 12.4. The van der Waals surface area contributed by atoms with Crippen LogP contribution in [0.25, 0.3) is 11.1 Å². The number of phenols is 1. The van der Waals surface area contributed by atoms with Gasteiger partial charge in [0.15, 0.2) is 0 Å². The van der Waals surface area contributed by atoms with Crippen LogP contribution in [0.5, 0.6) is 5.75 Å². The minimum absolute atomic E-state index is 0.274. The van der Waals surface area contributed by atoms with Crippen LogP contribution in [0.2, 0.25) is 0 Å². The molecule has 18 heavy (non-hydrogen) atoms. The third-order valence-electron chi connectivity index (χ3n) is 3.44. The summed E-state index contributed by atoms with van der Waals surface area (Å²) in [4.78, 5) is 0. The van der Waals surface area contributed by atoms with Gasteiger partial charge in [-0.25, -0.2) is 0 Å². The number of hydrogen-bond donors (Lipinski definition) is 2. The standard InChI is InChI=1S/C14H16N2O2/c17-12-5-3-10(4-6-12)13-9-16-18-14(13)11-2-1-7-15-8-11/h3-6,9,11,15,17H,1-2,7-8H2. The van der Waals surface area contributed by atoms with Crippen LogP contribution < -0.4 is 5.32 Å². The fraction of sp³-hybridized carbons (Fsp3) is 0.357. The molecule has 1 unspecified atom stereocenters. The van der Waals surface area contributed by atoms with Crippen molar-refractivity contribution in [1.82, 2.24) is 10.5 Å². The van der Waals surface area contributed by atoms with Gasteiger partial charge in [0.2, 0.25) is 0 Å². The van der Waals surface area contributed by atoms with E-state index in [1.165, 1.54) is 6.42 Å². The van der Waals surface area contributed by atoms with Crippen LogP contribution in [0.1, 0.15) is 24.5 Å². The van der Waals surface area contributed by atoms with Crippen molar-refractivity contribution >= 4 is 0 Å². The molecule has 1 aliphatic heterocycles. The van der Waals surface area contributed by atoms with Crippen LogP contribution in [0.15, 0.2) is 35.0 Å². The fourth-order valence-corrected chi connectivity index (χ4v) is 2.48. The molecule has 1 aromatic carbocycles. The molecular formula is C14H16N2O2. The predicted molar refractivity (Wildman–Crippen MR) is 68.4 cm³/mol. The zero-order valence-electron chi connectivity index (χ0n) is 10.1. The molecule has 4 heteroatoms. The highest BCUT2D eigenvalue weighted by Gasteiger charge is 2.22. The van der Waals surface area contributed by atoms with Gasteiger partial charge in [0, 0.05) is 18.0 Å². The maximum atomic E-state index is 9.32. The molecule has 0 aliphatic carbocycles. The van der Waals surface area contributed by atoms with Gasteiger partial charge in [-0.3, -0.25) is 0 Å². The number of aromatic hydroxyl groups is 1. The minimum atomic E-state index is 0.274. The molecular weight excluding hydrogens is 228 g/mol. The van der Waals surface area contributed by atoms with Gasteiger partial charge in [-0.1, -0.05) is 17.3 Å². The number of phenolic OH excluding ortho intramolecular Hbond substituents is 1. The fourth-order valence-electron chi connectivity index (χ4n) is 2.48. The summed E-state index contributed by atoms with van der Waals surface area (Å²) in [6.45, 7) is 2.03. The number of aromatic nitrogens is 1. The van der Waals surface area contributed by atoms with Gasteiger partial charge < -0.3 is 14.9 Å². The first-order chi connectivity index (χ1) is 8.84. The number of nitrogens with one attached hydrogen (secondary N) is 1. The normalized spacial score (nSPS) is 19.9. The van der Waals surface area contributed by atoms with Crippen LogP contribution in [-0.2, 0) is 0 Å². The van der Waals surface area contributed by atoms with E-state index in [2.05, 4.69) is 10.5 Å². The number of benzene rings is 1. The lowest BCUT2D eigenvalue weighted by atomic mass is 9.92. The lowest BCUT2D eigenvalue weighted by molar-refractivity contribution is 0.330. The Morgan fingerprint density at radius 3 is 2.83 bits per heavy atom. The molecule has 0 spiro atoms. The Labute approximate surface area is 106 Å². The van der Waals surface area contributed by atoms with E-state index >= 15 is 0 Å². The van der Waals surface area contributed by atoms with Crippen LogP contribution in [0.3, 0.4) is 0 Å². The molecule has 3 rings (SSSR count). The SMILES string of the molecule is Oc1ccc(-c2cnoc2C2CCCNC2)cc1. The second-order valence-corrected chi connectivity index (χ2v) is 4.69. The number of piperidine rings is 1. The van der Waals surface area contributed by atoms with Gasteiger partial charge in [0.25, 0.3) is 0 Å². The van der Waals surface area contributed by atoms with Crippen LogP contribution in [0.4, 0.5) is 0 Å². The van der Waals surface area contributed by atoms with Crippen molar-refractivity contribution in [2.75, 3.05) is 13.1 Å². The topological polar surface area (TPSA) is 58.3 Å². The van der Waals surface area contributed by atoms with Gasteiger partial charge in [0.1, 0.15) is 11.5 Å². The maximum absolute atomic E-state index is 9.32. The highest BCUT2D eigenvalue weighted by atomic mass is 16.5. The van der Waals surface area contributed by atoms with E-state index in [1.54, 1.807) is 18.3 Å². The molecule has 2 heterocycles. The van der Waals surface area contributed by atoms with E-state index in [4.69, 9.17) is 4.52 Å². The Hall–Kier alpha value is -1.81. The second-order valence-electron chi connectivity index (χ2n) is 4.69. The number of rotatable bonds is 2. The van der Waals surface area contributed by atoms with Crippen molar-refractivity contribution in [2.24, 2.45) is 0 Å². The summed E-state index contributed by atoms with van der Waals surface area (Å²) in [5, 5.41) is 16.6. The quantitative estimate of drug-likeness (QED) is 0.852. The van der Waals surface area contributed by atoms with Gasteiger partial charge in [-0.2, -0.15) is 0 Å². The first kappa shape index (κ1) is 11.3. The highest BCUT2D eigenvalue weighted by Crippen LogP contribution is 2.33. The van der Waals surface area contributed by atoms with E-state index in [9.17, 15) is 5.11 Å². The molecule has 1 aliphatic rings. The molecule has 2 aromatic rings. The smallest absolute Gasteiger partial charge is 0.148 e. The first-order valence-electron chi connectivity index (χ1n) is 6.29. The van der Waals surface area contributed by atoms with Gasteiger partial charge in [-0.05, 0) is 37.1 Å². The van der Waals surface area contributed by atoms with Crippen LogP contribution in [-0.4, -0.2) is 23.4 Å². The van der Waals surface area contributed by atoms with Crippen LogP contribution in [0, 0.1) is 0 Å². The number of nitrogens with zero attached hydrogens (tertiary/aromatic N) is 1. The second kappa shape index (κ2) is 4.82. The molecule has 0 amide bonds. The molecule has 2 N–H and O–H groups in total. The van der Waals surface area contributed by atoms with Crippen molar-refractivity contribution in [2.45, 2.75) is 18.8 Å². The molecule has 1 aromatic heterocycles. The van der Waals surface area contributed by atoms with E-state index in [1.807, 2.05) is 12.1 Å². The third kappa shape index (κ3) is 2.11. The Kier molecular flexibility index (Phi) is 3.02. The monoisotopic (exact) mass is 244 g/mol. The zero-order valence-corrected chi connectivity index (χ0v) is 10.1. The first-order valence-corrected chi connectivity index (χ1v) is 6.29. The van der Waals surface area contributed by atoms with Crippen molar-refractivity contribution in [3.05, 3.63) is 36.2 Å². The van der Waals surface area contributed by atoms with Gasteiger partial charge >= 0.3 is 0 Å². The molecule has 1 atom stereocenters. The van der Waals surface area contributed by atoms with E-state index in [0.29, 0.717) is 5.92 Å². The van der Waals surface area contributed by atoms with E-state index in [-0.39, 0.29) is 5.75 Å². The molecule has 0 bridgehead atoms. The summed E-state index contributed by atoms with van der Waals surface area (Å²) in [6, 6.07) is 7.15. The molecule has 1 saturated heterocycles. The minimum Gasteiger partial charge on any atom is -0.508 e. The molecule has 1 fully saturated rings. The Morgan fingerprint density at radius 1 is 1.28 bits per heavy atom. The predicted octanol–water partition coefficient (Wildman–Crippen LogP) is 2.51. The highest BCUT2D eigenvalue weighted by molar-refractivity contribution is 5.65. The lowest BCUT2D eigenvalue weighted by Crippen LogP contribution is -2.28. The van der Waals surface area contributed by atoms with Crippen LogP contribution >= 0.6 is 0 Å². The number of hydrogen-bond acceptors (Lipinski definition) is 4. The van der Waals surface area contributed by atoms with Gasteiger partial charge in [0.05, 0.1) is 6.20 Å². The Balaban J connectivity index is 1.93. The molecule has 0 saturated carbocycles. The summed E-state index contributed by atoms with van der Waals surface area (Å²) in [5.41, 5.74) is 2.07. The summed E-state index contributed by atoms with van der Waals surface area (Å²) in [5.74, 6) is 1.62. The van der Waals surface area contributed by atoms with E-state index < -0.39 is 0 Å². The lowest BCUT2D eigenvalue weighted by Gasteiger charge is -2.21. The summed E-state index contributed by atoms with van der Waals surface area (Å²) in [6.07, 6.45) is 4.06. The summed E-state index contributed by atoms with van der Waals surface area (Å²) < 4.78 is 5.44. The molecule has 4 nitrogen and oxygen atoms in total. The summed E-state index contributed by atoms with van der Waals surface area (Å²) in [7, 11) is 0. The van der Waals surface area contributed by atoms with E-state index in [0.717, 1.165) is 36.4 Å². The Bertz CT molecular complexity index is 513. The molecule has 94 valence electrons. The van der Waals surface area contributed by atoms with Gasteiger partial charge in [-0.15, -0.1) is 0 Å². The average Bonchev–Trinajstić information content (AvgIpc) is 2.90. The maximum Gasteiger partial charge on any atom is 0.148 e. The molecule has 0 radical (unpaired) electrons. The van der Waals surface area contributed by atoms with Crippen molar-refractivity contribution in [3.63, 3.8) is 0 Å². The van der Waals surface area contributed by atoms with Crippen molar-refractivity contribution in [1.29, 1.82) is 0 Å². The Morgan fingerprint density at radius 2 is 2.11 bits per heavy atom. The third-order valence-corrected chi connectivity index (χ3v) is 3.44. The summed E-state index contributed by atoms with van der Waals surface area (Å²) >= 11 is 0. The largest absolute Gasteiger partial charge is 0.508 e. The van der Waals surface area contributed by atoms with Crippen molar-refractivity contribution in [3.8, 4) is 16.9 Å².